The first-order chi connectivity index (χ1) is 11.7. The van der Waals surface area contributed by atoms with Crippen LogP contribution in [0.1, 0.15) is 89.0 Å². The van der Waals surface area contributed by atoms with E-state index in [1.165, 1.54) is 57.8 Å². The number of halogens is 2. The maximum Gasteiger partial charge on any atom is 0.126 e. The highest BCUT2D eigenvalue weighted by Gasteiger charge is 2.35. The fraction of sp³-hybridized carbons (Fsp3) is 0.727. The minimum atomic E-state index is -0.428. The summed E-state index contributed by atoms with van der Waals surface area (Å²) < 4.78 is 27.0. The lowest BCUT2D eigenvalue weighted by Gasteiger charge is -2.42. The lowest BCUT2D eigenvalue weighted by Crippen LogP contribution is -2.30. The van der Waals surface area contributed by atoms with Crippen LogP contribution in [0.3, 0.4) is 0 Å². The summed E-state index contributed by atoms with van der Waals surface area (Å²) in [6, 6.07) is 4.08. The molecule has 24 heavy (non-hydrogen) atoms. The monoisotopic (exact) mass is 334 g/mol. The lowest BCUT2D eigenvalue weighted by atomic mass is 9.63. The standard InChI is InChI=1S/C22H32F2/c1-2-3-4-5-6-16-7-8-18-12-19(10-9-17(18)11-16)20-13-21(23)15-22(24)14-20/h13-19H,2-12H2,1H3. The first-order valence-corrected chi connectivity index (χ1v) is 10.1. The summed E-state index contributed by atoms with van der Waals surface area (Å²) in [5.74, 6) is 2.08. The van der Waals surface area contributed by atoms with Crippen molar-refractivity contribution in [3.8, 4) is 0 Å². The Morgan fingerprint density at radius 3 is 2.29 bits per heavy atom. The van der Waals surface area contributed by atoms with Gasteiger partial charge >= 0.3 is 0 Å². The van der Waals surface area contributed by atoms with E-state index in [4.69, 9.17) is 0 Å². The summed E-state index contributed by atoms with van der Waals surface area (Å²) in [5, 5.41) is 0. The van der Waals surface area contributed by atoms with E-state index in [0.717, 1.165) is 42.2 Å². The van der Waals surface area contributed by atoms with E-state index < -0.39 is 11.6 Å². The van der Waals surface area contributed by atoms with Crippen LogP contribution in [0, 0.1) is 29.4 Å². The van der Waals surface area contributed by atoms with Gasteiger partial charge in [0.15, 0.2) is 0 Å². The molecule has 3 rings (SSSR count). The quantitative estimate of drug-likeness (QED) is 0.481. The maximum absolute atomic E-state index is 13.5. The average molecular weight is 334 g/mol. The van der Waals surface area contributed by atoms with Gasteiger partial charge < -0.3 is 0 Å². The highest BCUT2D eigenvalue weighted by Crippen LogP contribution is 2.48. The predicted molar refractivity (Wildman–Crippen MR) is 96.0 cm³/mol. The largest absolute Gasteiger partial charge is 0.207 e. The zero-order valence-electron chi connectivity index (χ0n) is 15.1. The zero-order valence-corrected chi connectivity index (χ0v) is 15.1. The molecule has 0 saturated heterocycles. The Bertz CT molecular complexity index is 504. The van der Waals surface area contributed by atoms with Crippen LogP contribution in [0.25, 0.3) is 0 Å². The molecule has 0 aromatic heterocycles. The van der Waals surface area contributed by atoms with Gasteiger partial charge in [0.2, 0.25) is 0 Å². The summed E-state index contributed by atoms with van der Waals surface area (Å²) in [7, 11) is 0. The Labute approximate surface area is 146 Å². The van der Waals surface area contributed by atoms with E-state index in [-0.39, 0.29) is 0 Å². The zero-order chi connectivity index (χ0) is 16.9. The lowest BCUT2D eigenvalue weighted by molar-refractivity contribution is 0.113. The van der Waals surface area contributed by atoms with Gasteiger partial charge in [-0.3, -0.25) is 0 Å². The molecule has 2 aliphatic carbocycles. The topological polar surface area (TPSA) is 0 Å². The van der Waals surface area contributed by atoms with Gasteiger partial charge in [-0.05, 0) is 73.5 Å². The minimum Gasteiger partial charge on any atom is -0.207 e. The van der Waals surface area contributed by atoms with Crippen molar-refractivity contribution in [3.05, 3.63) is 35.4 Å². The fourth-order valence-corrected chi connectivity index (χ4v) is 5.22. The fourth-order valence-electron chi connectivity index (χ4n) is 5.22. The van der Waals surface area contributed by atoms with E-state index in [9.17, 15) is 8.78 Å². The molecule has 134 valence electrons. The molecule has 0 N–H and O–H groups in total. The molecule has 2 heteroatoms. The Morgan fingerprint density at radius 2 is 1.54 bits per heavy atom. The van der Waals surface area contributed by atoms with Crippen molar-refractivity contribution in [1.82, 2.24) is 0 Å². The van der Waals surface area contributed by atoms with E-state index >= 15 is 0 Å². The van der Waals surface area contributed by atoms with E-state index in [1.54, 1.807) is 12.1 Å². The molecule has 2 saturated carbocycles. The van der Waals surface area contributed by atoms with E-state index in [1.807, 2.05) is 0 Å². The Hall–Kier alpha value is -0.920. The highest BCUT2D eigenvalue weighted by atomic mass is 19.1. The van der Waals surface area contributed by atoms with Gasteiger partial charge in [0.1, 0.15) is 11.6 Å². The molecule has 0 spiro atoms. The summed E-state index contributed by atoms with van der Waals surface area (Å²) in [4.78, 5) is 0. The third-order valence-electron chi connectivity index (χ3n) is 6.54. The molecular formula is C22H32F2. The number of hydrogen-bond donors (Lipinski definition) is 0. The number of benzene rings is 1. The van der Waals surface area contributed by atoms with Crippen LogP contribution >= 0.6 is 0 Å². The van der Waals surface area contributed by atoms with Crippen LogP contribution in [0.15, 0.2) is 18.2 Å². The van der Waals surface area contributed by atoms with E-state index in [0.29, 0.717) is 5.92 Å². The molecule has 2 aliphatic rings. The van der Waals surface area contributed by atoms with Crippen LogP contribution in [-0.4, -0.2) is 0 Å². The van der Waals surface area contributed by atoms with Crippen molar-refractivity contribution in [2.45, 2.75) is 83.5 Å². The molecular weight excluding hydrogens is 302 g/mol. The van der Waals surface area contributed by atoms with Crippen molar-refractivity contribution in [3.63, 3.8) is 0 Å². The van der Waals surface area contributed by atoms with Crippen LogP contribution in [-0.2, 0) is 0 Å². The van der Waals surface area contributed by atoms with Crippen LogP contribution in [0.5, 0.6) is 0 Å². The third kappa shape index (κ3) is 4.58. The molecule has 0 bridgehead atoms. The summed E-state index contributed by atoms with van der Waals surface area (Å²) >= 11 is 0. The van der Waals surface area contributed by atoms with Crippen molar-refractivity contribution in [2.24, 2.45) is 17.8 Å². The van der Waals surface area contributed by atoms with Crippen molar-refractivity contribution in [2.75, 3.05) is 0 Å². The van der Waals surface area contributed by atoms with Gasteiger partial charge in [-0.2, -0.15) is 0 Å². The molecule has 0 heterocycles. The third-order valence-corrected chi connectivity index (χ3v) is 6.54. The highest BCUT2D eigenvalue weighted by molar-refractivity contribution is 5.22. The Balaban J connectivity index is 1.51. The van der Waals surface area contributed by atoms with Gasteiger partial charge in [-0.25, -0.2) is 8.78 Å². The second kappa shape index (κ2) is 8.45. The molecule has 4 atom stereocenters. The second-order valence-electron chi connectivity index (χ2n) is 8.26. The van der Waals surface area contributed by atoms with Crippen molar-refractivity contribution < 1.29 is 8.78 Å². The molecule has 2 fully saturated rings. The van der Waals surface area contributed by atoms with Crippen LogP contribution in [0.4, 0.5) is 8.78 Å². The smallest absolute Gasteiger partial charge is 0.126 e. The molecule has 1 aromatic carbocycles. The van der Waals surface area contributed by atoms with E-state index in [2.05, 4.69) is 6.92 Å². The molecule has 1 aromatic rings. The normalized spacial score (nSPS) is 30.1. The van der Waals surface area contributed by atoms with Crippen molar-refractivity contribution >= 4 is 0 Å². The predicted octanol–water partition coefficient (Wildman–Crippen LogP) is 7.24. The number of fused-ring (bicyclic) bond motifs is 1. The SMILES string of the molecule is CCCCCCC1CCC2CC(c3cc(F)cc(F)c3)CCC2C1. The van der Waals surface area contributed by atoms with Gasteiger partial charge in [-0.1, -0.05) is 45.4 Å². The van der Waals surface area contributed by atoms with Gasteiger partial charge in [0.05, 0.1) is 0 Å². The van der Waals surface area contributed by atoms with Crippen LogP contribution < -0.4 is 0 Å². The molecule has 0 nitrogen and oxygen atoms in total. The summed E-state index contributed by atoms with van der Waals surface area (Å²) in [6.45, 7) is 2.27. The first-order valence-electron chi connectivity index (χ1n) is 10.1. The Kier molecular flexibility index (Phi) is 6.30. The maximum atomic E-state index is 13.5. The summed E-state index contributed by atoms with van der Waals surface area (Å²) in [6.07, 6.45) is 14.5. The number of hydrogen-bond acceptors (Lipinski definition) is 0. The van der Waals surface area contributed by atoms with Gasteiger partial charge in [0.25, 0.3) is 0 Å². The number of rotatable bonds is 6. The molecule has 0 radical (unpaired) electrons. The molecule has 4 unspecified atom stereocenters. The Morgan fingerprint density at radius 1 is 0.833 bits per heavy atom. The minimum absolute atomic E-state index is 0.359. The summed E-state index contributed by atoms with van der Waals surface area (Å²) in [5.41, 5.74) is 0.882. The number of unbranched alkanes of at least 4 members (excludes halogenated alkanes) is 3. The molecule has 0 amide bonds. The van der Waals surface area contributed by atoms with Crippen molar-refractivity contribution in [1.29, 1.82) is 0 Å². The second-order valence-corrected chi connectivity index (χ2v) is 8.26. The molecule has 0 aliphatic heterocycles. The van der Waals surface area contributed by atoms with Gasteiger partial charge in [-0.15, -0.1) is 0 Å². The average Bonchev–Trinajstić information content (AvgIpc) is 2.57. The first kappa shape index (κ1) is 17.9. The van der Waals surface area contributed by atoms with Gasteiger partial charge in [0, 0.05) is 6.07 Å². The van der Waals surface area contributed by atoms with Crippen LogP contribution in [0.2, 0.25) is 0 Å².